The van der Waals surface area contributed by atoms with E-state index in [9.17, 15) is 0 Å². The van der Waals surface area contributed by atoms with Gasteiger partial charge in [0.2, 0.25) is 0 Å². The molecule has 1 N–H and O–H groups in total. The van der Waals surface area contributed by atoms with Crippen molar-refractivity contribution in [2.45, 2.75) is 6.54 Å². The average molecular weight is 233 g/mol. The monoisotopic (exact) mass is 232 g/mol. The number of nitrogens with zero attached hydrogens (tertiary/aromatic N) is 1. The summed E-state index contributed by atoms with van der Waals surface area (Å²) in [7, 11) is 0. The van der Waals surface area contributed by atoms with Crippen LogP contribution in [0.5, 0.6) is 0 Å². The Hall–Kier alpha value is -1.92. The maximum absolute atomic E-state index is 8.82. The van der Waals surface area contributed by atoms with Crippen LogP contribution in [0.4, 0.5) is 5.69 Å². The van der Waals surface area contributed by atoms with Gasteiger partial charge in [-0.3, -0.25) is 0 Å². The van der Waals surface area contributed by atoms with Gasteiger partial charge in [-0.2, -0.15) is 5.26 Å². The highest BCUT2D eigenvalue weighted by Crippen LogP contribution is 2.20. The minimum absolute atomic E-state index is 0.469. The molecular formula is C12H9ClN2O. The summed E-state index contributed by atoms with van der Waals surface area (Å²) in [5.74, 6) is 0. The first-order chi connectivity index (χ1) is 7.79. The molecule has 2 aromatic rings. The Bertz CT molecular complexity index is 514. The van der Waals surface area contributed by atoms with Gasteiger partial charge in [0.25, 0.3) is 0 Å². The van der Waals surface area contributed by atoms with Crippen LogP contribution < -0.4 is 5.32 Å². The van der Waals surface area contributed by atoms with Crippen molar-refractivity contribution in [3.8, 4) is 6.07 Å². The molecule has 3 nitrogen and oxygen atoms in total. The Morgan fingerprint density at radius 3 is 2.94 bits per heavy atom. The van der Waals surface area contributed by atoms with E-state index < -0.39 is 0 Å². The number of furan rings is 1. The standard InChI is InChI=1S/C12H9ClN2O/c13-12-2-1-11(5-10(12)6-14)15-7-9-3-4-16-8-9/h1-5,8,15H,7H2. The van der Waals surface area contributed by atoms with E-state index in [0.717, 1.165) is 11.3 Å². The van der Waals surface area contributed by atoms with Crippen molar-refractivity contribution < 1.29 is 4.42 Å². The first-order valence-corrected chi connectivity index (χ1v) is 5.12. The summed E-state index contributed by atoms with van der Waals surface area (Å²) in [6.45, 7) is 0.656. The van der Waals surface area contributed by atoms with Gasteiger partial charge < -0.3 is 9.73 Å². The van der Waals surface area contributed by atoms with E-state index in [-0.39, 0.29) is 0 Å². The number of halogens is 1. The van der Waals surface area contributed by atoms with Crippen LogP contribution in [0.25, 0.3) is 0 Å². The SMILES string of the molecule is N#Cc1cc(NCc2ccoc2)ccc1Cl. The molecule has 0 amide bonds. The molecule has 0 aliphatic carbocycles. The van der Waals surface area contributed by atoms with Crippen LogP contribution in [0.2, 0.25) is 5.02 Å². The summed E-state index contributed by atoms with van der Waals surface area (Å²) in [6, 6.07) is 9.19. The van der Waals surface area contributed by atoms with E-state index in [4.69, 9.17) is 21.3 Å². The van der Waals surface area contributed by atoms with Crippen molar-refractivity contribution >= 4 is 17.3 Å². The van der Waals surface area contributed by atoms with Crippen molar-refractivity contribution in [2.24, 2.45) is 0 Å². The quantitative estimate of drug-likeness (QED) is 0.882. The van der Waals surface area contributed by atoms with E-state index in [1.165, 1.54) is 0 Å². The fourth-order valence-electron chi connectivity index (χ4n) is 1.32. The fraction of sp³-hybridized carbons (Fsp3) is 0.0833. The molecule has 0 radical (unpaired) electrons. The highest BCUT2D eigenvalue weighted by atomic mass is 35.5. The lowest BCUT2D eigenvalue weighted by molar-refractivity contribution is 0.564. The van der Waals surface area contributed by atoms with Gasteiger partial charge in [0, 0.05) is 17.8 Å². The summed E-state index contributed by atoms with van der Waals surface area (Å²) in [5.41, 5.74) is 2.38. The van der Waals surface area contributed by atoms with E-state index in [2.05, 4.69) is 5.32 Å². The zero-order chi connectivity index (χ0) is 11.4. The summed E-state index contributed by atoms with van der Waals surface area (Å²) >= 11 is 5.83. The Balaban J connectivity index is 2.08. The third-order valence-corrected chi connectivity index (χ3v) is 2.49. The van der Waals surface area contributed by atoms with Gasteiger partial charge in [-0.25, -0.2) is 0 Å². The summed E-state index contributed by atoms with van der Waals surface area (Å²) in [4.78, 5) is 0. The number of anilines is 1. The van der Waals surface area contributed by atoms with Gasteiger partial charge >= 0.3 is 0 Å². The molecule has 0 fully saturated rings. The molecule has 1 aromatic heterocycles. The second-order valence-corrected chi connectivity index (χ2v) is 3.70. The topological polar surface area (TPSA) is 49.0 Å². The Morgan fingerprint density at radius 2 is 2.25 bits per heavy atom. The van der Waals surface area contributed by atoms with E-state index >= 15 is 0 Å². The lowest BCUT2D eigenvalue weighted by Crippen LogP contribution is -1.98. The van der Waals surface area contributed by atoms with Crippen molar-refractivity contribution in [3.05, 3.63) is 52.9 Å². The molecular weight excluding hydrogens is 224 g/mol. The number of benzene rings is 1. The molecule has 0 aliphatic rings. The normalized spacial score (nSPS) is 9.75. The molecule has 0 saturated heterocycles. The molecule has 0 bridgehead atoms. The smallest absolute Gasteiger partial charge is 0.101 e. The van der Waals surface area contributed by atoms with Gasteiger partial charge in [0.1, 0.15) is 6.07 Å². The van der Waals surface area contributed by atoms with Crippen LogP contribution >= 0.6 is 11.6 Å². The van der Waals surface area contributed by atoms with Gasteiger partial charge in [0.05, 0.1) is 23.1 Å². The lowest BCUT2D eigenvalue weighted by Gasteiger charge is -2.05. The first-order valence-electron chi connectivity index (χ1n) is 4.74. The van der Waals surface area contributed by atoms with Crippen LogP contribution in [-0.2, 0) is 6.54 Å². The zero-order valence-electron chi connectivity index (χ0n) is 8.40. The number of hydrogen-bond acceptors (Lipinski definition) is 3. The zero-order valence-corrected chi connectivity index (χ0v) is 9.16. The van der Waals surface area contributed by atoms with Crippen LogP contribution in [0.1, 0.15) is 11.1 Å². The molecule has 1 aromatic carbocycles. The van der Waals surface area contributed by atoms with Crippen LogP contribution in [0, 0.1) is 11.3 Å². The van der Waals surface area contributed by atoms with E-state index in [1.54, 1.807) is 24.7 Å². The second-order valence-electron chi connectivity index (χ2n) is 3.29. The lowest BCUT2D eigenvalue weighted by atomic mass is 10.2. The Morgan fingerprint density at radius 1 is 1.38 bits per heavy atom. The second kappa shape index (κ2) is 4.73. The average Bonchev–Trinajstić information content (AvgIpc) is 2.81. The Labute approximate surface area is 98.3 Å². The minimum Gasteiger partial charge on any atom is -0.472 e. The molecule has 1 heterocycles. The molecule has 0 spiro atoms. The molecule has 0 unspecified atom stereocenters. The number of rotatable bonds is 3. The highest BCUT2D eigenvalue weighted by Gasteiger charge is 2.01. The van der Waals surface area contributed by atoms with Crippen LogP contribution in [0.15, 0.2) is 41.2 Å². The third kappa shape index (κ3) is 2.36. The first kappa shape index (κ1) is 10.6. The largest absolute Gasteiger partial charge is 0.472 e. The number of nitrogens with one attached hydrogen (secondary N) is 1. The van der Waals surface area contributed by atoms with Crippen molar-refractivity contribution in [1.82, 2.24) is 0 Å². The molecule has 0 aliphatic heterocycles. The van der Waals surface area contributed by atoms with Gasteiger partial charge in [-0.05, 0) is 24.3 Å². The Kier molecular flexibility index (Phi) is 3.13. The van der Waals surface area contributed by atoms with E-state index in [1.807, 2.05) is 18.2 Å². The molecule has 2 rings (SSSR count). The minimum atomic E-state index is 0.469. The van der Waals surface area contributed by atoms with E-state index in [0.29, 0.717) is 17.1 Å². The van der Waals surface area contributed by atoms with Crippen molar-refractivity contribution in [3.63, 3.8) is 0 Å². The maximum atomic E-state index is 8.82. The molecule has 80 valence electrons. The van der Waals surface area contributed by atoms with Crippen LogP contribution in [0.3, 0.4) is 0 Å². The summed E-state index contributed by atoms with van der Waals surface area (Å²) in [5, 5.41) is 12.5. The third-order valence-electron chi connectivity index (χ3n) is 2.16. The molecule has 0 saturated carbocycles. The molecule has 4 heteroatoms. The highest BCUT2D eigenvalue weighted by molar-refractivity contribution is 6.31. The molecule has 16 heavy (non-hydrogen) atoms. The predicted molar refractivity (Wildman–Crippen MR) is 62.2 cm³/mol. The fourth-order valence-corrected chi connectivity index (χ4v) is 1.48. The van der Waals surface area contributed by atoms with Crippen LogP contribution in [-0.4, -0.2) is 0 Å². The number of nitriles is 1. The van der Waals surface area contributed by atoms with Gasteiger partial charge in [0.15, 0.2) is 0 Å². The van der Waals surface area contributed by atoms with Crippen molar-refractivity contribution in [1.29, 1.82) is 5.26 Å². The van der Waals surface area contributed by atoms with Gasteiger partial charge in [-0.15, -0.1) is 0 Å². The summed E-state index contributed by atoms with van der Waals surface area (Å²) in [6.07, 6.45) is 3.30. The number of hydrogen-bond donors (Lipinski definition) is 1. The summed E-state index contributed by atoms with van der Waals surface area (Å²) < 4.78 is 4.95. The predicted octanol–water partition coefficient (Wildman–Crippen LogP) is 3.42. The van der Waals surface area contributed by atoms with Gasteiger partial charge in [-0.1, -0.05) is 11.6 Å². The van der Waals surface area contributed by atoms with Crippen molar-refractivity contribution in [2.75, 3.05) is 5.32 Å². The molecule has 0 atom stereocenters. The maximum Gasteiger partial charge on any atom is 0.101 e.